The van der Waals surface area contributed by atoms with Crippen molar-refractivity contribution in [2.24, 2.45) is 23.0 Å². The van der Waals surface area contributed by atoms with Crippen LogP contribution in [-0.2, 0) is 0 Å². The average molecular weight is 169 g/mol. The van der Waals surface area contributed by atoms with E-state index in [1.54, 1.807) is 0 Å². The van der Waals surface area contributed by atoms with Gasteiger partial charge in [-0.05, 0) is 43.4 Å². The molecule has 1 saturated carbocycles. The summed E-state index contributed by atoms with van der Waals surface area (Å²) >= 11 is 0. The molecule has 1 aliphatic carbocycles. The molecule has 0 aromatic heterocycles. The summed E-state index contributed by atoms with van der Waals surface area (Å²) in [6.45, 7) is 9.26. The van der Waals surface area contributed by atoms with Crippen LogP contribution in [0.25, 0.3) is 0 Å². The average Bonchev–Trinajstić information content (AvgIpc) is 1.82. The lowest BCUT2D eigenvalue weighted by molar-refractivity contribution is 0.120. The topological polar surface area (TPSA) is 26.0 Å². The summed E-state index contributed by atoms with van der Waals surface area (Å²) in [7, 11) is 0. The summed E-state index contributed by atoms with van der Waals surface area (Å²) in [5.74, 6) is 1.62. The third kappa shape index (κ3) is 2.48. The van der Waals surface area contributed by atoms with Gasteiger partial charge in [-0.25, -0.2) is 0 Å². The van der Waals surface area contributed by atoms with Crippen molar-refractivity contribution in [2.75, 3.05) is 0 Å². The van der Waals surface area contributed by atoms with Gasteiger partial charge in [0, 0.05) is 6.04 Å². The van der Waals surface area contributed by atoms with E-state index in [2.05, 4.69) is 27.7 Å². The van der Waals surface area contributed by atoms with Gasteiger partial charge in [-0.3, -0.25) is 0 Å². The fourth-order valence-corrected chi connectivity index (χ4v) is 2.82. The van der Waals surface area contributed by atoms with Crippen LogP contribution in [0.2, 0.25) is 0 Å². The first-order chi connectivity index (χ1) is 5.41. The summed E-state index contributed by atoms with van der Waals surface area (Å²) in [6, 6.07) is 0.382. The van der Waals surface area contributed by atoms with E-state index >= 15 is 0 Å². The van der Waals surface area contributed by atoms with Crippen LogP contribution in [-0.4, -0.2) is 6.04 Å². The monoisotopic (exact) mass is 169 g/mol. The Kier molecular flexibility index (Phi) is 2.82. The van der Waals surface area contributed by atoms with Crippen LogP contribution >= 0.6 is 0 Å². The Labute approximate surface area is 76.7 Å². The van der Waals surface area contributed by atoms with Gasteiger partial charge in [0.25, 0.3) is 0 Å². The van der Waals surface area contributed by atoms with Gasteiger partial charge in [0.1, 0.15) is 0 Å². The molecule has 72 valence electrons. The lowest BCUT2D eigenvalue weighted by Crippen LogP contribution is -2.36. The van der Waals surface area contributed by atoms with Crippen molar-refractivity contribution in [3.8, 4) is 0 Å². The minimum Gasteiger partial charge on any atom is -0.328 e. The van der Waals surface area contributed by atoms with E-state index in [1.807, 2.05) is 0 Å². The second-order valence-electron chi connectivity index (χ2n) is 5.53. The normalized spacial score (nSPS) is 37.8. The van der Waals surface area contributed by atoms with E-state index in [-0.39, 0.29) is 0 Å². The van der Waals surface area contributed by atoms with Crippen LogP contribution in [0.1, 0.15) is 47.0 Å². The fourth-order valence-electron chi connectivity index (χ4n) is 2.82. The molecule has 0 radical (unpaired) electrons. The highest BCUT2D eigenvalue weighted by Crippen LogP contribution is 2.42. The molecule has 1 rings (SSSR count). The molecule has 1 aliphatic rings. The Hall–Kier alpha value is -0.0400. The molecule has 0 bridgehead atoms. The van der Waals surface area contributed by atoms with Gasteiger partial charge in [-0.2, -0.15) is 0 Å². The zero-order valence-corrected chi connectivity index (χ0v) is 8.93. The maximum Gasteiger partial charge on any atom is 0.00390 e. The van der Waals surface area contributed by atoms with Crippen LogP contribution in [0.15, 0.2) is 0 Å². The largest absolute Gasteiger partial charge is 0.328 e. The van der Waals surface area contributed by atoms with Gasteiger partial charge in [0.2, 0.25) is 0 Å². The molecule has 0 aromatic carbocycles. The van der Waals surface area contributed by atoms with E-state index in [0.29, 0.717) is 11.5 Å². The molecule has 0 heterocycles. The molecule has 0 amide bonds. The molecule has 1 nitrogen and oxygen atoms in total. The third-order valence-corrected chi connectivity index (χ3v) is 3.16. The van der Waals surface area contributed by atoms with Crippen LogP contribution in [0.4, 0.5) is 0 Å². The minimum absolute atomic E-state index is 0.382. The lowest BCUT2D eigenvalue weighted by atomic mass is 9.66. The first-order valence-electron chi connectivity index (χ1n) is 5.16. The Bertz CT molecular complexity index is 149. The fraction of sp³-hybridized carbons (Fsp3) is 1.00. The molecule has 1 heteroatoms. The highest BCUT2D eigenvalue weighted by molar-refractivity contribution is 4.85. The van der Waals surface area contributed by atoms with Crippen molar-refractivity contribution in [1.82, 2.24) is 0 Å². The quantitative estimate of drug-likeness (QED) is 0.642. The van der Waals surface area contributed by atoms with Gasteiger partial charge >= 0.3 is 0 Å². The molecule has 2 N–H and O–H groups in total. The maximum absolute atomic E-state index is 5.95. The molecule has 3 unspecified atom stereocenters. The summed E-state index contributed by atoms with van der Waals surface area (Å²) in [6.07, 6.45) is 4.02. The van der Waals surface area contributed by atoms with E-state index < -0.39 is 0 Å². The predicted molar refractivity (Wildman–Crippen MR) is 53.9 cm³/mol. The van der Waals surface area contributed by atoms with Gasteiger partial charge in [-0.15, -0.1) is 0 Å². The number of hydrogen-bond donors (Lipinski definition) is 1. The van der Waals surface area contributed by atoms with E-state index in [4.69, 9.17) is 5.73 Å². The SMILES string of the molecule is CC1CC(C(C)N)CC(C)(C)C1. The zero-order chi connectivity index (χ0) is 9.35. The van der Waals surface area contributed by atoms with Crippen LogP contribution < -0.4 is 5.73 Å². The number of rotatable bonds is 1. The lowest BCUT2D eigenvalue weighted by Gasteiger charge is -2.40. The molecule has 3 atom stereocenters. The molecular weight excluding hydrogens is 146 g/mol. The summed E-state index contributed by atoms with van der Waals surface area (Å²) in [4.78, 5) is 0. The number of nitrogens with two attached hydrogens (primary N) is 1. The first-order valence-corrected chi connectivity index (χ1v) is 5.16. The van der Waals surface area contributed by atoms with E-state index in [9.17, 15) is 0 Å². The Balaban J connectivity index is 2.58. The van der Waals surface area contributed by atoms with Crippen molar-refractivity contribution in [3.63, 3.8) is 0 Å². The van der Waals surface area contributed by atoms with Crippen molar-refractivity contribution < 1.29 is 0 Å². The molecule has 0 aromatic rings. The van der Waals surface area contributed by atoms with Gasteiger partial charge in [0.05, 0.1) is 0 Å². The van der Waals surface area contributed by atoms with Gasteiger partial charge in [0.15, 0.2) is 0 Å². The summed E-state index contributed by atoms with van der Waals surface area (Å²) in [5, 5.41) is 0. The predicted octanol–water partition coefficient (Wildman–Crippen LogP) is 2.80. The van der Waals surface area contributed by atoms with E-state index in [0.717, 1.165) is 11.8 Å². The Morgan fingerprint density at radius 1 is 1.33 bits per heavy atom. The summed E-state index contributed by atoms with van der Waals surface area (Å²) < 4.78 is 0. The molecule has 1 fully saturated rings. The highest BCUT2D eigenvalue weighted by Gasteiger charge is 2.33. The first kappa shape index (κ1) is 10.0. The zero-order valence-electron chi connectivity index (χ0n) is 8.93. The van der Waals surface area contributed by atoms with Crippen LogP contribution in [0.5, 0.6) is 0 Å². The Morgan fingerprint density at radius 2 is 1.92 bits per heavy atom. The second-order valence-corrected chi connectivity index (χ2v) is 5.53. The maximum atomic E-state index is 5.95. The van der Waals surface area contributed by atoms with Crippen molar-refractivity contribution in [2.45, 2.75) is 53.0 Å². The Morgan fingerprint density at radius 3 is 2.33 bits per heavy atom. The van der Waals surface area contributed by atoms with E-state index in [1.165, 1.54) is 19.3 Å². The van der Waals surface area contributed by atoms with Gasteiger partial charge < -0.3 is 5.73 Å². The van der Waals surface area contributed by atoms with Crippen LogP contribution in [0, 0.1) is 17.3 Å². The second kappa shape index (κ2) is 3.37. The third-order valence-electron chi connectivity index (χ3n) is 3.16. The van der Waals surface area contributed by atoms with Crippen molar-refractivity contribution >= 4 is 0 Å². The smallest absolute Gasteiger partial charge is 0.00390 e. The van der Waals surface area contributed by atoms with Gasteiger partial charge in [-0.1, -0.05) is 20.8 Å². The summed E-state index contributed by atoms with van der Waals surface area (Å²) in [5.41, 5.74) is 6.47. The molecule has 0 saturated heterocycles. The molecular formula is C11H23N. The molecule has 12 heavy (non-hydrogen) atoms. The highest BCUT2D eigenvalue weighted by atomic mass is 14.6. The molecule has 0 spiro atoms. The van der Waals surface area contributed by atoms with Crippen molar-refractivity contribution in [1.29, 1.82) is 0 Å². The van der Waals surface area contributed by atoms with Crippen LogP contribution in [0.3, 0.4) is 0 Å². The minimum atomic E-state index is 0.382. The van der Waals surface area contributed by atoms with Crippen molar-refractivity contribution in [3.05, 3.63) is 0 Å². The molecule has 0 aliphatic heterocycles. The number of hydrogen-bond acceptors (Lipinski definition) is 1. The standard InChI is InChI=1S/C11H23N/c1-8-5-10(9(2)12)7-11(3,4)6-8/h8-10H,5-7,12H2,1-4H3.